The van der Waals surface area contributed by atoms with Gasteiger partial charge in [-0.2, -0.15) is 0 Å². The number of hydrogen-bond donors (Lipinski definition) is 0. The normalized spacial score (nSPS) is 9.36. The number of esters is 1. The number of hydrogen-bond acceptors (Lipinski definition) is 4. The van der Waals surface area contributed by atoms with Gasteiger partial charge in [0.15, 0.2) is 11.5 Å². The van der Waals surface area contributed by atoms with Crippen LogP contribution in [0.15, 0.2) is 12.1 Å². The molecule has 0 aliphatic heterocycles. The zero-order valence-electron chi connectivity index (χ0n) is 8.29. The van der Waals surface area contributed by atoms with E-state index in [1.54, 1.807) is 12.1 Å². The Morgan fingerprint density at radius 2 is 2.00 bits per heavy atom. The van der Waals surface area contributed by atoms with Gasteiger partial charge in [0.2, 0.25) is 0 Å². The highest BCUT2D eigenvalue weighted by atomic mass is 16.5. The average Bonchev–Trinajstić information content (AvgIpc) is 2.26. The molecule has 0 unspecified atom stereocenters. The molecule has 0 heterocycles. The maximum atomic E-state index is 11.3. The Balaban J connectivity index is 3.21. The summed E-state index contributed by atoms with van der Waals surface area (Å²) < 4.78 is 14.6. The summed E-state index contributed by atoms with van der Waals surface area (Å²) in [7, 11) is 4.26. The molecule has 1 aromatic carbocycles. The average molecular weight is 195 g/mol. The minimum atomic E-state index is -0.499. The molecule has 4 nitrogen and oxygen atoms in total. The van der Waals surface area contributed by atoms with Crippen LogP contribution in [0.1, 0.15) is 10.4 Å². The monoisotopic (exact) mass is 195 g/mol. The molecule has 75 valence electrons. The zero-order chi connectivity index (χ0) is 10.6. The molecular formula is C10H11O4. The summed E-state index contributed by atoms with van der Waals surface area (Å²) >= 11 is 0. The molecule has 0 saturated carbocycles. The van der Waals surface area contributed by atoms with Gasteiger partial charge in [0.25, 0.3) is 0 Å². The minimum absolute atomic E-state index is 0.231. The van der Waals surface area contributed by atoms with Gasteiger partial charge in [0.1, 0.15) is 5.56 Å². The first-order valence-electron chi connectivity index (χ1n) is 3.95. The lowest BCUT2D eigenvalue weighted by Crippen LogP contribution is -2.05. The van der Waals surface area contributed by atoms with Crippen LogP contribution in [0.25, 0.3) is 0 Å². The van der Waals surface area contributed by atoms with Crippen LogP contribution < -0.4 is 9.47 Å². The molecule has 0 aromatic heterocycles. The van der Waals surface area contributed by atoms with Gasteiger partial charge in [0, 0.05) is 6.07 Å². The number of benzene rings is 1. The zero-order valence-corrected chi connectivity index (χ0v) is 8.29. The molecule has 0 aliphatic carbocycles. The van der Waals surface area contributed by atoms with E-state index in [0.29, 0.717) is 11.5 Å². The van der Waals surface area contributed by atoms with Crippen molar-refractivity contribution in [2.24, 2.45) is 0 Å². The van der Waals surface area contributed by atoms with Crippen molar-refractivity contribution in [3.8, 4) is 11.5 Å². The van der Waals surface area contributed by atoms with Gasteiger partial charge in [0.05, 0.1) is 21.3 Å². The number of carbonyl (C=O) groups excluding carboxylic acids is 1. The van der Waals surface area contributed by atoms with Crippen LogP contribution in [0.3, 0.4) is 0 Å². The fourth-order valence-electron chi connectivity index (χ4n) is 1.08. The summed E-state index contributed by atoms with van der Waals surface area (Å²) in [6, 6.07) is 5.97. The number of methoxy groups -OCH3 is 3. The van der Waals surface area contributed by atoms with Crippen LogP contribution in [-0.2, 0) is 4.74 Å². The molecule has 0 fully saturated rings. The second-order valence-electron chi connectivity index (χ2n) is 2.45. The molecule has 4 heteroatoms. The van der Waals surface area contributed by atoms with Crippen LogP contribution in [0.5, 0.6) is 11.5 Å². The van der Waals surface area contributed by atoms with Crippen molar-refractivity contribution in [2.75, 3.05) is 21.3 Å². The van der Waals surface area contributed by atoms with Crippen LogP contribution in [0.4, 0.5) is 0 Å². The highest BCUT2D eigenvalue weighted by molar-refractivity contribution is 5.93. The summed E-state index contributed by atoms with van der Waals surface area (Å²) in [4.78, 5) is 11.3. The lowest BCUT2D eigenvalue weighted by atomic mass is 10.2. The van der Waals surface area contributed by atoms with E-state index in [0.717, 1.165) is 0 Å². The second kappa shape index (κ2) is 4.50. The Morgan fingerprint density at radius 1 is 1.29 bits per heavy atom. The molecule has 0 bridgehead atoms. The van der Waals surface area contributed by atoms with E-state index in [1.807, 2.05) is 0 Å². The highest BCUT2D eigenvalue weighted by Crippen LogP contribution is 2.30. The number of ether oxygens (including phenoxy) is 3. The fraction of sp³-hybridized carbons (Fsp3) is 0.300. The molecule has 0 atom stereocenters. The Labute approximate surface area is 82.4 Å². The van der Waals surface area contributed by atoms with Crippen LogP contribution in [0, 0.1) is 6.07 Å². The third-order valence-corrected chi connectivity index (χ3v) is 1.73. The molecule has 1 rings (SSSR count). The van der Waals surface area contributed by atoms with Gasteiger partial charge in [-0.25, -0.2) is 4.79 Å². The van der Waals surface area contributed by atoms with Gasteiger partial charge < -0.3 is 14.2 Å². The summed E-state index contributed by atoms with van der Waals surface area (Å²) in [6.45, 7) is 0. The summed E-state index contributed by atoms with van der Waals surface area (Å²) in [5.41, 5.74) is 0.231. The lowest BCUT2D eigenvalue weighted by Gasteiger charge is -2.10. The van der Waals surface area contributed by atoms with Crippen molar-refractivity contribution in [1.29, 1.82) is 0 Å². The molecule has 0 spiro atoms. The first-order chi connectivity index (χ1) is 6.74. The van der Waals surface area contributed by atoms with Gasteiger partial charge >= 0.3 is 5.97 Å². The van der Waals surface area contributed by atoms with E-state index in [4.69, 9.17) is 9.47 Å². The van der Waals surface area contributed by atoms with E-state index in [1.165, 1.54) is 21.3 Å². The lowest BCUT2D eigenvalue weighted by molar-refractivity contribution is 0.0596. The first kappa shape index (κ1) is 10.4. The third-order valence-electron chi connectivity index (χ3n) is 1.73. The van der Waals surface area contributed by atoms with Crippen molar-refractivity contribution in [3.63, 3.8) is 0 Å². The van der Waals surface area contributed by atoms with E-state index < -0.39 is 5.97 Å². The largest absolute Gasteiger partial charge is 0.493 e. The van der Waals surface area contributed by atoms with E-state index in [2.05, 4.69) is 10.8 Å². The molecule has 0 N–H and O–H groups in total. The molecule has 0 saturated heterocycles. The van der Waals surface area contributed by atoms with Crippen LogP contribution in [-0.4, -0.2) is 27.3 Å². The topological polar surface area (TPSA) is 44.8 Å². The van der Waals surface area contributed by atoms with Crippen LogP contribution >= 0.6 is 0 Å². The summed E-state index contributed by atoms with van der Waals surface area (Å²) in [5, 5.41) is 0. The van der Waals surface area contributed by atoms with E-state index in [9.17, 15) is 4.79 Å². The molecule has 14 heavy (non-hydrogen) atoms. The van der Waals surface area contributed by atoms with Gasteiger partial charge in [-0.3, -0.25) is 0 Å². The van der Waals surface area contributed by atoms with Crippen molar-refractivity contribution in [2.45, 2.75) is 0 Å². The van der Waals surface area contributed by atoms with E-state index >= 15 is 0 Å². The van der Waals surface area contributed by atoms with Crippen molar-refractivity contribution in [1.82, 2.24) is 0 Å². The quantitative estimate of drug-likeness (QED) is 0.682. The van der Waals surface area contributed by atoms with Crippen molar-refractivity contribution < 1.29 is 19.0 Å². The highest BCUT2D eigenvalue weighted by Gasteiger charge is 2.16. The summed E-state index contributed by atoms with van der Waals surface area (Å²) in [5.74, 6) is 0.314. The van der Waals surface area contributed by atoms with Crippen LogP contribution in [0.2, 0.25) is 0 Å². The maximum absolute atomic E-state index is 11.3. The SMILES string of the molecule is COC(=O)c1[c]ccc(OC)c1OC. The Hall–Kier alpha value is -1.71. The minimum Gasteiger partial charge on any atom is -0.493 e. The smallest absolute Gasteiger partial charge is 0.342 e. The van der Waals surface area contributed by atoms with E-state index in [-0.39, 0.29) is 5.56 Å². The molecule has 0 amide bonds. The second-order valence-corrected chi connectivity index (χ2v) is 2.45. The fourth-order valence-corrected chi connectivity index (χ4v) is 1.08. The Bertz CT molecular complexity index is 333. The predicted octanol–water partition coefficient (Wildman–Crippen LogP) is 1.29. The summed E-state index contributed by atoms with van der Waals surface area (Å²) in [6.07, 6.45) is 0. The van der Waals surface area contributed by atoms with Gasteiger partial charge in [-0.1, -0.05) is 0 Å². The molecule has 1 radical (unpaired) electrons. The maximum Gasteiger partial charge on any atom is 0.342 e. The van der Waals surface area contributed by atoms with Gasteiger partial charge in [-0.15, -0.1) is 0 Å². The molecule has 1 aromatic rings. The number of carbonyl (C=O) groups is 1. The van der Waals surface area contributed by atoms with Crippen molar-refractivity contribution >= 4 is 5.97 Å². The Kier molecular flexibility index (Phi) is 3.34. The standard InChI is InChI=1S/C10H11O4/c1-12-8-6-4-5-7(9(8)13-2)10(11)14-3/h4,6H,1-3H3. The van der Waals surface area contributed by atoms with Gasteiger partial charge in [-0.05, 0) is 12.1 Å². The predicted molar refractivity (Wildman–Crippen MR) is 49.7 cm³/mol. The van der Waals surface area contributed by atoms with Crippen molar-refractivity contribution in [3.05, 3.63) is 23.8 Å². The molecular weight excluding hydrogens is 184 g/mol. The third kappa shape index (κ3) is 1.79. The Morgan fingerprint density at radius 3 is 2.50 bits per heavy atom. The first-order valence-corrected chi connectivity index (χ1v) is 3.95. The number of rotatable bonds is 3. The molecule has 0 aliphatic rings.